The van der Waals surface area contributed by atoms with Gasteiger partial charge in [0, 0.05) is 33.2 Å². The zero-order valence-corrected chi connectivity index (χ0v) is 10.4. The van der Waals surface area contributed by atoms with Gasteiger partial charge < -0.3 is 5.73 Å². The first-order valence-electron chi connectivity index (χ1n) is 4.42. The number of aromatic nitrogens is 1. The lowest BCUT2D eigenvalue weighted by Crippen LogP contribution is -2.38. The molecule has 1 aromatic heterocycles. The molecule has 0 saturated carbocycles. The van der Waals surface area contributed by atoms with Gasteiger partial charge in [-0.3, -0.25) is 4.21 Å². The smallest absolute Gasteiger partial charge is 0.105 e. The third kappa shape index (κ3) is 4.30. The molecule has 1 atom stereocenters. The van der Waals surface area contributed by atoms with Crippen molar-refractivity contribution in [1.29, 1.82) is 0 Å². The minimum absolute atomic E-state index is 0.364. The number of nitrogens with two attached hydrogens (primary N) is 1. The Kier molecular flexibility index (Phi) is 3.80. The molecule has 0 bridgehead atoms. The molecule has 0 saturated heterocycles. The highest BCUT2D eigenvalue weighted by molar-refractivity contribution is 7.84. The van der Waals surface area contributed by atoms with E-state index in [-0.39, 0.29) is 5.54 Å². The van der Waals surface area contributed by atoms with Gasteiger partial charge in [0.15, 0.2) is 0 Å². The zero-order valence-electron chi connectivity index (χ0n) is 8.74. The summed E-state index contributed by atoms with van der Waals surface area (Å²) in [6, 6.07) is 0. The molecule has 0 aromatic carbocycles. The van der Waals surface area contributed by atoms with E-state index in [2.05, 4.69) is 4.98 Å². The van der Waals surface area contributed by atoms with Gasteiger partial charge in [-0.25, -0.2) is 4.98 Å². The summed E-state index contributed by atoms with van der Waals surface area (Å²) in [5.74, 6) is 1.05. The maximum Gasteiger partial charge on any atom is 0.105 e. The van der Waals surface area contributed by atoms with Crippen molar-refractivity contribution in [2.75, 3.05) is 5.75 Å². The van der Waals surface area contributed by atoms with Crippen molar-refractivity contribution in [3.8, 4) is 0 Å². The van der Waals surface area contributed by atoms with E-state index in [0.717, 1.165) is 10.7 Å². The third-order valence-corrected chi connectivity index (χ3v) is 4.29. The maximum atomic E-state index is 11.6. The molecule has 1 unspecified atom stereocenters. The predicted molar refractivity (Wildman–Crippen MR) is 61.8 cm³/mol. The Labute approximate surface area is 91.2 Å². The Morgan fingerprint density at radius 1 is 1.64 bits per heavy atom. The molecule has 14 heavy (non-hydrogen) atoms. The lowest BCUT2D eigenvalue weighted by Gasteiger charge is -2.16. The molecule has 0 radical (unpaired) electrons. The summed E-state index contributed by atoms with van der Waals surface area (Å²) in [7, 11) is -0.904. The summed E-state index contributed by atoms with van der Waals surface area (Å²) >= 11 is 1.56. The fourth-order valence-electron chi connectivity index (χ4n) is 1.07. The molecule has 0 aliphatic carbocycles. The lowest BCUT2D eigenvalue weighted by atomic mass is 10.1. The van der Waals surface area contributed by atoms with Crippen LogP contribution in [0.2, 0.25) is 0 Å². The van der Waals surface area contributed by atoms with Gasteiger partial charge in [0.1, 0.15) is 5.01 Å². The van der Waals surface area contributed by atoms with Crippen LogP contribution in [0.1, 0.15) is 24.5 Å². The van der Waals surface area contributed by atoms with E-state index in [1.54, 1.807) is 11.3 Å². The Balaban J connectivity index is 2.50. The summed E-state index contributed by atoms with van der Waals surface area (Å²) in [4.78, 5) is 4.27. The molecule has 1 rings (SSSR count). The molecule has 0 aliphatic rings. The van der Waals surface area contributed by atoms with Crippen LogP contribution in [0.4, 0.5) is 0 Å². The van der Waals surface area contributed by atoms with Crippen molar-refractivity contribution in [2.24, 2.45) is 5.73 Å². The maximum absolute atomic E-state index is 11.6. The Hall–Kier alpha value is -0.260. The van der Waals surface area contributed by atoms with Crippen LogP contribution in [-0.4, -0.2) is 20.5 Å². The molecule has 1 heterocycles. The summed E-state index contributed by atoms with van der Waals surface area (Å²) in [5.41, 5.74) is 6.42. The number of nitrogens with zero attached hydrogens (tertiary/aromatic N) is 1. The van der Waals surface area contributed by atoms with E-state index in [4.69, 9.17) is 5.73 Å². The SMILES string of the molecule is Cc1csc(CS(=O)CC(C)(C)N)n1. The van der Waals surface area contributed by atoms with Crippen molar-refractivity contribution < 1.29 is 4.21 Å². The topological polar surface area (TPSA) is 56.0 Å². The summed E-state index contributed by atoms with van der Waals surface area (Å²) in [6.45, 7) is 5.71. The molecule has 0 aliphatic heterocycles. The fraction of sp³-hybridized carbons (Fsp3) is 0.667. The molecule has 80 valence electrons. The monoisotopic (exact) mass is 232 g/mol. The van der Waals surface area contributed by atoms with E-state index in [1.165, 1.54) is 0 Å². The van der Waals surface area contributed by atoms with Crippen LogP contribution in [0.25, 0.3) is 0 Å². The van der Waals surface area contributed by atoms with Crippen molar-refractivity contribution in [2.45, 2.75) is 32.1 Å². The highest BCUT2D eigenvalue weighted by atomic mass is 32.2. The zero-order chi connectivity index (χ0) is 10.8. The van der Waals surface area contributed by atoms with Crippen LogP contribution in [0, 0.1) is 6.92 Å². The second kappa shape index (κ2) is 4.51. The van der Waals surface area contributed by atoms with Crippen molar-refractivity contribution in [3.63, 3.8) is 0 Å². The van der Waals surface area contributed by atoms with Crippen LogP contribution < -0.4 is 5.73 Å². The first-order valence-corrected chi connectivity index (χ1v) is 6.78. The van der Waals surface area contributed by atoms with Gasteiger partial charge in [-0.15, -0.1) is 11.3 Å². The Morgan fingerprint density at radius 2 is 2.29 bits per heavy atom. The number of aryl methyl sites for hydroxylation is 1. The summed E-state index contributed by atoms with van der Waals surface area (Å²) in [5, 5.41) is 2.91. The fourth-order valence-corrected chi connectivity index (χ4v) is 3.57. The van der Waals surface area contributed by atoms with Gasteiger partial charge in [0.05, 0.1) is 5.75 Å². The van der Waals surface area contributed by atoms with Crippen LogP contribution >= 0.6 is 11.3 Å². The highest BCUT2D eigenvalue weighted by Gasteiger charge is 2.16. The van der Waals surface area contributed by atoms with E-state index in [9.17, 15) is 4.21 Å². The average molecular weight is 232 g/mol. The minimum atomic E-state index is -0.904. The number of hydrogen-bond donors (Lipinski definition) is 1. The van der Waals surface area contributed by atoms with E-state index < -0.39 is 10.8 Å². The van der Waals surface area contributed by atoms with Gasteiger partial charge >= 0.3 is 0 Å². The standard InChI is InChI=1S/C9H16N2OS2/c1-7-4-13-8(11-7)5-14(12)6-9(2,3)10/h4H,5-6,10H2,1-3H3. The predicted octanol–water partition coefficient (Wildman–Crippen LogP) is 1.44. The average Bonchev–Trinajstić information content (AvgIpc) is 2.30. The van der Waals surface area contributed by atoms with Crippen LogP contribution in [-0.2, 0) is 16.6 Å². The van der Waals surface area contributed by atoms with E-state index >= 15 is 0 Å². The molecule has 0 fully saturated rings. The summed E-state index contributed by atoms with van der Waals surface area (Å²) < 4.78 is 11.6. The van der Waals surface area contributed by atoms with Gasteiger partial charge in [-0.05, 0) is 20.8 Å². The van der Waals surface area contributed by atoms with Crippen LogP contribution in [0.3, 0.4) is 0 Å². The van der Waals surface area contributed by atoms with Gasteiger partial charge in [-0.1, -0.05) is 0 Å². The van der Waals surface area contributed by atoms with E-state index in [1.807, 2.05) is 26.2 Å². The van der Waals surface area contributed by atoms with Gasteiger partial charge in [0.2, 0.25) is 0 Å². The quantitative estimate of drug-likeness (QED) is 0.854. The largest absolute Gasteiger partial charge is 0.325 e. The van der Waals surface area contributed by atoms with Crippen molar-refractivity contribution in [1.82, 2.24) is 4.98 Å². The Bertz CT molecular complexity index is 328. The summed E-state index contributed by atoms with van der Waals surface area (Å²) in [6.07, 6.45) is 0. The molecule has 0 amide bonds. The second-order valence-electron chi connectivity index (χ2n) is 4.10. The first-order chi connectivity index (χ1) is 6.37. The molecule has 0 spiro atoms. The highest BCUT2D eigenvalue weighted by Crippen LogP contribution is 2.12. The molecular weight excluding hydrogens is 216 g/mol. The molecule has 1 aromatic rings. The van der Waals surface area contributed by atoms with Crippen LogP contribution in [0.15, 0.2) is 5.38 Å². The minimum Gasteiger partial charge on any atom is -0.325 e. The van der Waals surface area contributed by atoms with Gasteiger partial charge in [-0.2, -0.15) is 0 Å². The number of thiazole rings is 1. The molecular formula is C9H16N2OS2. The Morgan fingerprint density at radius 3 is 2.71 bits per heavy atom. The lowest BCUT2D eigenvalue weighted by molar-refractivity contribution is 0.577. The second-order valence-corrected chi connectivity index (χ2v) is 6.50. The number of rotatable bonds is 4. The first kappa shape index (κ1) is 11.8. The molecule has 3 nitrogen and oxygen atoms in total. The molecule has 2 N–H and O–H groups in total. The van der Waals surface area contributed by atoms with Gasteiger partial charge in [0.25, 0.3) is 0 Å². The normalized spacial score (nSPS) is 14.3. The number of hydrogen-bond acceptors (Lipinski definition) is 4. The van der Waals surface area contributed by atoms with E-state index in [0.29, 0.717) is 11.5 Å². The van der Waals surface area contributed by atoms with Crippen LogP contribution in [0.5, 0.6) is 0 Å². The van der Waals surface area contributed by atoms with Crippen molar-refractivity contribution in [3.05, 3.63) is 16.1 Å². The van der Waals surface area contributed by atoms with Crippen molar-refractivity contribution >= 4 is 22.1 Å². The third-order valence-electron chi connectivity index (χ3n) is 1.48. The molecule has 5 heteroatoms.